The third kappa shape index (κ3) is 4.66. The molecule has 0 heterocycles. The maximum atomic E-state index is 13.4. The molecule has 0 spiro atoms. The van der Waals surface area contributed by atoms with Crippen LogP contribution in [0.2, 0.25) is 0 Å². The van der Waals surface area contributed by atoms with E-state index in [9.17, 15) is 13.6 Å². The molecule has 6 heteroatoms. The van der Waals surface area contributed by atoms with E-state index in [1.807, 2.05) is 0 Å². The zero-order chi connectivity index (χ0) is 16.1. The summed E-state index contributed by atoms with van der Waals surface area (Å²) >= 11 is 0. The number of amides is 1. The smallest absolute Gasteiger partial charge is 0.220 e. The molecule has 1 aliphatic rings. The van der Waals surface area contributed by atoms with E-state index < -0.39 is 11.6 Å². The maximum absolute atomic E-state index is 13.4. The fourth-order valence-electron chi connectivity index (χ4n) is 2.74. The highest BCUT2D eigenvalue weighted by atomic mass is 19.1. The van der Waals surface area contributed by atoms with Gasteiger partial charge in [0.05, 0.1) is 6.04 Å². The lowest BCUT2D eigenvalue weighted by Crippen LogP contribution is -2.39. The molecule has 0 radical (unpaired) electrons. The molecule has 122 valence electrons. The van der Waals surface area contributed by atoms with Gasteiger partial charge < -0.3 is 15.8 Å². The van der Waals surface area contributed by atoms with Crippen molar-refractivity contribution in [2.24, 2.45) is 11.7 Å². The van der Waals surface area contributed by atoms with Crippen molar-refractivity contribution in [1.82, 2.24) is 5.32 Å². The summed E-state index contributed by atoms with van der Waals surface area (Å²) in [6.07, 6.45) is 3.44. The lowest BCUT2D eigenvalue weighted by Gasteiger charge is -2.18. The third-order valence-corrected chi connectivity index (χ3v) is 3.96. The molecule has 1 amide bonds. The van der Waals surface area contributed by atoms with Crippen LogP contribution in [0.4, 0.5) is 8.78 Å². The molecule has 1 unspecified atom stereocenters. The molecule has 3 atom stereocenters. The second kappa shape index (κ2) is 7.54. The molecule has 22 heavy (non-hydrogen) atoms. The molecule has 0 aliphatic heterocycles. The number of benzene rings is 1. The molecule has 1 aliphatic carbocycles. The minimum atomic E-state index is -0.754. The van der Waals surface area contributed by atoms with Crippen molar-refractivity contribution in [3.05, 3.63) is 29.8 Å². The van der Waals surface area contributed by atoms with E-state index in [0.29, 0.717) is 6.42 Å². The quantitative estimate of drug-likeness (QED) is 0.847. The topological polar surface area (TPSA) is 64.3 Å². The average molecular weight is 312 g/mol. The van der Waals surface area contributed by atoms with Crippen molar-refractivity contribution in [2.45, 2.75) is 44.7 Å². The van der Waals surface area contributed by atoms with E-state index in [1.165, 1.54) is 6.07 Å². The molecule has 0 aromatic heterocycles. The third-order valence-electron chi connectivity index (χ3n) is 3.96. The summed E-state index contributed by atoms with van der Waals surface area (Å²) < 4.78 is 31.5. The first kappa shape index (κ1) is 16.7. The highest BCUT2D eigenvalue weighted by Crippen LogP contribution is 2.26. The first-order valence-electron chi connectivity index (χ1n) is 7.58. The van der Waals surface area contributed by atoms with Gasteiger partial charge in [0.25, 0.3) is 0 Å². The fourth-order valence-corrected chi connectivity index (χ4v) is 2.74. The summed E-state index contributed by atoms with van der Waals surface area (Å²) in [7, 11) is 0. The normalized spacial score (nSPS) is 22.4. The summed E-state index contributed by atoms with van der Waals surface area (Å²) in [4.78, 5) is 11.9. The molecule has 2 rings (SSSR count). The molecule has 0 bridgehead atoms. The first-order chi connectivity index (χ1) is 10.5. The summed E-state index contributed by atoms with van der Waals surface area (Å²) in [6.45, 7) is 1.89. The van der Waals surface area contributed by atoms with Gasteiger partial charge in [0.1, 0.15) is 12.4 Å². The van der Waals surface area contributed by atoms with Gasteiger partial charge in [-0.05, 0) is 37.8 Å². The second-order valence-electron chi connectivity index (χ2n) is 5.91. The van der Waals surface area contributed by atoms with Crippen LogP contribution in [-0.4, -0.2) is 24.6 Å². The summed E-state index contributed by atoms with van der Waals surface area (Å²) in [6, 6.07) is 2.96. The van der Waals surface area contributed by atoms with Crippen LogP contribution < -0.4 is 15.8 Å². The maximum Gasteiger partial charge on any atom is 0.220 e. The minimum absolute atomic E-state index is 0.0275. The van der Waals surface area contributed by atoms with E-state index in [2.05, 4.69) is 5.32 Å². The number of carbonyl (C=O) groups excluding carboxylic acids is 1. The molecular formula is C16H22F2N2O2. The standard InChI is InChI=1S/C16H22F2N2O2/c1-10(9-22-15-6-5-12(17)8-13(15)18)20-16(21)7-11-3-2-4-14(11)19/h5-6,8,10-11,14H,2-4,7,9,19H2,1H3,(H,20,21)/t10?,11-,14+/m0/s1. The number of ether oxygens (including phenoxy) is 1. The van der Waals surface area contributed by atoms with Gasteiger partial charge in [-0.25, -0.2) is 8.78 Å². The van der Waals surface area contributed by atoms with Gasteiger partial charge in [-0.15, -0.1) is 0 Å². The summed E-state index contributed by atoms with van der Waals surface area (Å²) in [5.74, 6) is -1.27. The predicted molar refractivity (Wildman–Crippen MR) is 79.4 cm³/mol. The van der Waals surface area contributed by atoms with Crippen LogP contribution in [0.3, 0.4) is 0 Å². The summed E-state index contributed by atoms with van der Waals surface area (Å²) in [5.41, 5.74) is 5.94. The van der Waals surface area contributed by atoms with Gasteiger partial charge in [-0.3, -0.25) is 4.79 Å². The Balaban J connectivity index is 1.75. The SMILES string of the molecule is CC(COc1ccc(F)cc1F)NC(=O)C[C@@H]1CCC[C@H]1N. The molecule has 1 fully saturated rings. The highest BCUT2D eigenvalue weighted by Gasteiger charge is 2.26. The van der Waals surface area contributed by atoms with Crippen molar-refractivity contribution in [1.29, 1.82) is 0 Å². The number of rotatable bonds is 6. The van der Waals surface area contributed by atoms with Gasteiger partial charge in [0.15, 0.2) is 11.6 Å². The molecule has 4 nitrogen and oxygen atoms in total. The second-order valence-corrected chi connectivity index (χ2v) is 5.91. The number of hydrogen-bond donors (Lipinski definition) is 2. The Morgan fingerprint density at radius 2 is 2.23 bits per heavy atom. The van der Waals surface area contributed by atoms with Crippen molar-refractivity contribution in [3.63, 3.8) is 0 Å². The van der Waals surface area contributed by atoms with Crippen LogP contribution >= 0.6 is 0 Å². The zero-order valence-corrected chi connectivity index (χ0v) is 12.6. The largest absolute Gasteiger partial charge is 0.488 e. The van der Waals surface area contributed by atoms with Crippen LogP contribution in [0.1, 0.15) is 32.6 Å². The van der Waals surface area contributed by atoms with Gasteiger partial charge in [-0.1, -0.05) is 6.42 Å². The Morgan fingerprint density at radius 3 is 2.86 bits per heavy atom. The first-order valence-corrected chi connectivity index (χ1v) is 7.58. The number of nitrogens with two attached hydrogens (primary N) is 1. The lowest BCUT2D eigenvalue weighted by atomic mass is 10.00. The fraction of sp³-hybridized carbons (Fsp3) is 0.562. The Morgan fingerprint density at radius 1 is 1.45 bits per heavy atom. The van der Waals surface area contributed by atoms with Gasteiger partial charge in [0.2, 0.25) is 5.91 Å². The zero-order valence-electron chi connectivity index (χ0n) is 12.6. The number of carbonyl (C=O) groups is 1. The van der Waals surface area contributed by atoms with E-state index in [1.54, 1.807) is 6.92 Å². The average Bonchev–Trinajstić information content (AvgIpc) is 2.83. The van der Waals surface area contributed by atoms with Crippen molar-refractivity contribution >= 4 is 5.91 Å². The Labute approximate surface area is 129 Å². The van der Waals surface area contributed by atoms with Crippen molar-refractivity contribution in [3.8, 4) is 5.75 Å². The van der Waals surface area contributed by atoms with Gasteiger partial charge >= 0.3 is 0 Å². The molecule has 3 N–H and O–H groups in total. The van der Waals surface area contributed by atoms with Crippen LogP contribution in [0.15, 0.2) is 18.2 Å². The van der Waals surface area contributed by atoms with Crippen LogP contribution in [0, 0.1) is 17.6 Å². The minimum Gasteiger partial charge on any atom is -0.488 e. The monoisotopic (exact) mass is 312 g/mol. The van der Waals surface area contributed by atoms with E-state index >= 15 is 0 Å². The molecule has 0 saturated heterocycles. The molecule has 1 aromatic carbocycles. The van der Waals surface area contributed by atoms with Crippen LogP contribution in [0.25, 0.3) is 0 Å². The number of halogens is 2. The van der Waals surface area contributed by atoms with E-state index in [4.69, 9.17) is 10.5 Å². The lowest BCUT2D eigenvalue weighted by molar-refractivity contribution is -0.122. The molecule has 1 saturated carbocycles. The molecular weight excluding hydrogens is 290 g/mol. The van der Waals surface area contributed by atoms with E-state index in [-0.39, 0.29) is 36.3 Å². The Hall–Kier alpha value is -1.69. The Bertz CT molecular complexity index is 525. The van der Waals surface area contributed by atoms with Crippen molar-refractivity contribution in [2.75, 3.05) is 6.61 Å². The number of nitrogens with one attached hydrogen (secondary N) is 1. The Kier molecular flexibility index (Phi) is 5.71. The highest BCUT2D eigenvalue weighted by molar-refractivity contribution is 5.76. The summed E-state index contributed by atoms with van der Waals surface area (Å²) in [5, 5.41) is 2.81. The van der Waals surface area contributed by atoms with Crippen molar-refractivity contribution < 1.29 is 18.3 Å². The predicted octanol–water partition coefficient (Wildman–Crippen LogP) is 2.37. The number of hydrogen-bond acceptors (Lipinski definition) is 3. The molecule has 1 aromatic rings. The van der Waals surface area contributed by atoms with Gasteiger partial charge in [-0.2, -0.15) is 0 Å². The van der Waals surface area contributed by atoms with E-state index in [0.717, 1.165) is 31.4 Å². The van der Waals surface area contributed by atoms with Gasteiger partial charge in [0, 0.05) is 18.5 Å². The van der Waals surface area contributed by atoms with Crippen LogP contribution in [0.5, 0.6) is 5.75 Å². The van der Waals surface area contributed by atoms with Crippen LogP contribution in [-0.2, 0) is 4.79 Å².